The summed E-state index contributed by atoms with van der Waals surface area (Å²) < 4.78 is 10.7. The van der Waals surface area contributed by atoms with E-state index in [9.17, 15) is 4.79 Å². The molecule has 1 atom stereocenters. The molecule has 1 aliphatic rings. The van der Waals surface area contributed by atoms with Crippen LogP contribution in [-0.4, -0.2) is 12.7 Å². The molecule has 0 saturated heterocycles. The van der Waals surface area contributed by atoms with Crippen LogP contribution in [0.2, 0.25) is 0 Å². The van der Waals surface area contributed by atoms with Gasteiger partial charge in [-0.2, -0.15) is 0 Å². The third-order valence-corrected chi connectivity index (χ3v) is 3.78. The van der Waals surface area contributed by atoms with Crippen LogP contribution in [0.5, 0.6) is 11.5 Å². The van der Waals surface area contributed by atoms with Gasteiger partial charge in [-0.1, -0.05) is 12.1 Å². The van der Waals surface area contributed by atoms with E-state index < -0.39 is 5.91 Å². The summed E-state index contributed by atoms with van der Waals surface area (Å²) in [5.74, 6) is 1.10. The fraction of sp³-hybridized carbons (Fsp3) is 0.235. The van der Waals surface area contributed by atoms with Crippen molar-refractivity contribution in [2.24, 2.45) is 5.73 Å². The van der Waals surface area contributed by atoms with E-state index in [1.807, 2.05) is 44.2 Å². The molecule has 22 heavy (non-hydrogen) atoms. The highest BCUT2D eigenvalue weighted by atomic mass is 16.7. The van der Waals surface area contributed by atoms with Crippen LogP contribution in [0.15, 0.2) is 36.4 Å². The smallest absolute Gasteiger partial charge is 0.249 e. The van der Waals surface area contributed by atoms with Crippen molar-refractivity contribution in [1.29, 1.82) is 0 Å². The van der Waals surface area contributed by atoms with Gasteiger partial charge in [-0.15, -0.1) is 0 Å². The van der Waals surface area contributed by atoms with E-state index in [1.54, 1.807) is 6.07 Å². The lowest BCUT2D eigenvalue weighted by Gasteiger charge is -2.17. The molecule has 5 nitrogen and oxygen atoms in total. The molecule has 1 amide bonds. The molecular formula is C17H18N2O3. The Morgan fingerprint density at radius 1 is 1.18 bits per heavy atom. The summed E-state index contributed by atoms with van der Waals surface area (Å²) >= 11 is 0. The van der Waals surface area contributed by atoms with Crippen LogP contribution < -0.4 is 20.5 Å². The van der Waals surface area contributed by atoms with E-state index in [2.05, 4.69) is 5.32 Å². The number of hydrogen-bond donors (Lipinski definition) is 2. The Morgan fingerprint density at radius 3 is 2.73 bits per heavy atom. The monoisotopic (exact) mass is 298 g/mol. The SMILES string of the molecule is Cc1ccc(N[C@H](C)c2ccc3c(c2)OCO3)cc1C(N)=O. The maximum absolute atomic E-state index is 11.4. The Balaban J connectivity index is 1.81. The third kappa shape index (κ3) is 2.70. The van der Waals surface area contributed by atoms with Gasteiger partial charge in [0.2, 0.25) is 12.7 Å². The number of aryl methyl sites for hydroxylation is 1. The fourth-order valence-corrected chi connectivity index (χ4v) is 2.49. The summed E-state index contributed by atoms with van der Waals surface area (Å²) in [5.41, 5.74) is 8.72. The highest BCUT2D eigenvalue weighted by Gasteiger charge is 2.16. The average molecular weight is 298 g/mol. The summed E-state index contributed by atoms with van der Waals surface area (Å²) in [5, 5.41) is 3.37. The van der Waals surface area contributed by atoms with Crippen molar-refractivity contribution in [3.05, 3.63) is 53.1 Å². The van der Waals surface area contributed by atoms with Crippen LogP contribution >= 0.6 is 0 Å². The molecule has 3 N–H and O–H groups in total. The van der Waals surface area contributed by atoms with E-state index >= 15 is 0 Å². The van der Waals surface area contributed by atoms with E-state index in [1.165, 1.54) is 0 Å². The number of fused-ring (bicyclic) bond motifs is 1. The zero-order chi connectivity index (χ0) is 15.7. The first-order valence-corrected chi connectivity index (χ1v) is 7.11. The van der Waals surface area contributed by atoms with Crippen molar-refractivity contribution in [1.82, 2.24) is 0 Å². The summed E-state index contributed by atoms with van der Waals surface area (Å²) in [7, 11) is 0. The Bertz CT molecular complexity index is 728. The van der Waals surface area contributed by atoms with Crippen molar-refractivity contribution in [2.45, 2.75) is 19.9 Å². The lowest BCUT2D eigenvalue weighted by atomic mass is 10.0. The predicted molar refractivity (Wildman–Crippen MR) is 84.3 cm³/mol. The number of benzene rings is 2. The quantitative estimate of drug-likeness (QED) is 0.910. The van der Waals surface area contributed by atoms with Crippen LogP contribution in [0, 0.1) is 6.92 Å². The van der Waals surface area contributed by atoms with Gasteiger partial charge in [-0.3, -0.25) is 4.79 Å². The summed E-state index contributed by atoms with van der Waals surface area (Å²) in [6, 6.07) is 11.5. The molecule has 0 saturated carbocycles. The van der Waals surface area contributed by atoms with E-state index in [4.69, 9.17) is 15.2 Å². The molecule has 2 aromatic rings. The molecule has 0 aromatic heterocycles. The van der Waals surface area contributed by atoms with E-state index in [-0.39, 0.29) is 12.8 Å². The number of nitrogens with two attached hydrogens (primary N) is 1. The molecule has 2 aromatic carbocycles. The molecule has 0 aliphatic carbocycles. The number of nitrogens with one attached hydrogen (secondary N) is 1. The number of primary amides is 1. The van der Waals surface area contributed by atoms with Gasteiger partial charge >= 0.3 is 0 Å². The van der Waals surface area contributed by atoms with E-state index in [0.717, 1.165) is 28.3 Å². The summed E-state index contributed by atoms with van der Waals surface area (Å²) in [4.78, 5) is 11.4. The van der Waals surface area contributed by atoms with Crippen LogP contribution in [0.3, 0.4) is 0 Å². The zero-order valence-corrected chi connectivity index (χ0v) is 12.6. The number of hydrogen-bond acceptors (Lipinski definition) is 4. The van der Waals surface area contributed by atoms with Crippen LogP contribution in [0.25, 0.3) is 0 Å². The second kappa shape index (κ2) is 5.60. The minimum atomic E-state index is -0.420. The van der Waals surface area contributed by atoms with Gasteiger partial charge in [0.1, 0.15) is 0 Å². The Labute approximate surface area is 129 Å². The van der Waals surface area contributed by atoms with Gasteiger partial charge in [0, 0.05) is 17.3 Å². The maximum atomic E-state index is 11.4. The number of amides is 1. The predicted octanol–water partition coefficient (Wildman–Crippen LogP) is 3.00. The standard InChI is InChI=1S/C17H18N2O3/c1-10-3-5-13(8-14(10)17(18)20)19-11(2)12-4-6-15-16(7-12)22-9-21-15/h3-8,11,19H,9H2,1-2H3,(H2,18,20)/t11-/m1/s1. The van der Waals surface area contributed by atoms with Crippen molar-refractivity contribution in [3.63, 3.8) is 0 Å². The van der Waals surface area contributed by atoms with Crippen LogP contribution in [0.4, 0.5) is 5.69 Å². The number of carbonyl (C=O) groups is 1. The van der Waals surface area contributed by atoms with Crippen molar-refractivity contribution < 1.29 is 14.3 Å². The molecular weight excluding hydrogens is 280 g/mol. The summed E-state index contributed by atoms with van der Waals surface area (Å²) in [6.07, 6.45) is 0. The van der Waals surface area contributed by atoms with Crippen LogP contribution in [0.1, 0.15) is 34.5 Å². The van der Waals surface area contributed by atoms with Gasteiger partial charge in [-0.25, -0.2) is 0 Å². The maximum Gasteiger partial charge on any atom is 0.249 e. The molecule has 0 radical (unpaired) electrons. The zero-order valence-electron chi connectivity index (χ0n) is 12.6. The lowest BCUT2D eigenvalue weighted by Crippen LogP contribution is -2.14. The molecule has 114 valence electrons. The average Bonchev–Trinajstić information content (AvgIpc) is 2.96. The molecule has 1 aliphatic heterocycles. The molecule has 0 bridgehead atoms. The lowest BCUT2D eigenvalue weighted by molar-refractivity contribution is 0.0999. The second-order valence-corrected chi connectivity index (χ2v) is 5.37. The Morgan fingerprint density at radius 2 is 1.95 bits per heavy atom. The molecule has 1 heterocycles. The Hall–Kier alpha value is -2.69. The van der Waals surface area contributed by atoms with Crippen LogP contribution in [-0.2, 0) is 0 Å². The van der Waals surface area contributed by atoms with Gasteiger partial charge < -0.3 is 20.5 Å². The number of rotatable bonds is 4. The molecule has 0 spiro atoms. The largest absolute Gasteiger partial charge is 0.454 e. The first-order chi connectivity index (χ1) is 10.5. The Kier molecular flexibility index (Phi) is 3.63. The van der Waals surface area contributed by atoms with Gasteiger partial charge in [-0.05, 0) is 49.2 Å². The van der Waals surface area contributed by atoms with E-state index in [0.29, 0.717) is 5.56 Å². The first kappa shape index (κ1) is 14.3. The number of carbonyl (C=O) groups excluding carboxylic acids is 1. The molecule has 0 unspecified atom stereocenters. The minimum Gasteiger partial charge on any atom is -0.454 e. The van der Waals surface area contributed by atoms with Crippen molar-refractivity contribution in [2.75, 3.05) is 12.1 Å². The van der Waals surface area contributed by atoms with Gasteiger partial charge in [0.05, 0.1) is 0 Å². The normalized spacial score (nSPS) is 13.7. The highest BCUT2D eigenvalue weighted by molar-refractivity contribution is 5.95. The molecule has 3 rings (SSSR count). The molecule has 5 heteroatoms. The van der Waals surface area contributed by atoms with Crippen molar-refractivity contribution in [3.8, 4) is 11.5 Å². The molecule has 0 fully saturated rings. The fourth-order valence-electron chi connectivity index (χ4n) is 2.49. The minimum absolute atomic E-state index is 0.0536. The highest BCUT2D eigenvalue weighted by Crippen LogP contribution is 2.34. The van der Waals surface area contributed by atoms with Gasteiger partial charge in [0.15, 0.2) is 11.5 Å². The number of anilines is 1. The van der Waals surface area contributed by atoms with Gasteiger partial charge in [0.25, 0.3) is 0 Å². The topological polar surface area (TPSA) is 73.6 Å². The number of ether oxygens (including phenoxy) is 2. The summed E-state index contributed by atoms with van der Waals surface area (Å²) in [6.45, 7) is 4.17. The van der Waals surface area contributed by atoms with Crippen molar-refractivity contribution >= 4 is 11.6 Å². The second-order valence-electron chi connectivity index (χ2n) is 5.37. The third-order valence-electron chi connectivity index (χ3n) is 3.78. The first-order valence-electron chi connectivity index (χ1n) is 7.11.